The second-order valence-corrected chi connectivity index (χ2v) is 13.2. The Morgan fingerprint density at radius 3 is 2.08 bits per heavy atom. The van der Waals surface area contributed by atoms with E-state index in [-0.39, 0.29) is 17.6 Å². The first kappa shape index (κ1) is 29.7. The zero-order chi connectivity index (χ0) is 32.8. The highest BCUT2D eigenvalue weighted by Gasteiger charge is 2.38. The number of rotatable bonds is 6. The molecule has 0 saturated heterocycles. The molecule has 3 heterocycles. The number of hydrogen-bond donors (Lipinski definition) is 0. The summed E-state index contributed by atoms with van der Waals surface area (Å²) in [7, 11) is 0. The summed E-state index contributed by atoms with van der Waals surface area (Å²) in [5.41, 5.74) is 9.66. The molecular formula is C43H37N3O2. The number of aromatic nitrogens is 1. The number of aryl methyl sites for hydroxylation is 2. The number of hydrogen-bond acceptors (Lipinski definition) is 5. The van der Waals surface area contributed by atoms with Gasteiger partial charge in [-0.1, -0.05) is 98.8 Å². The summed E-state index contributed by atoms with van der Waals surface area (Å²) in [5, 5.41) is 0. The Morgan fingerprint density at radius 1 is 0.667 bits per heavy atom. The third-order valence-corrected chi connectivity index (χ3v) is 9.37. The van der Waals surface area contributed by atoms with Crippen LogP contribution in [-0.4, -0.2) is 10.9 Å². The molecule has 0 saturated carbocycles. The standard InChI is InChI=1S/C43H37N3O2/c1-28-22-32(42-45-39(30-14-7-5-8-15-30)40(48-42)31-16-9-6-10-17-31)26-34(24-28)47-35-25-29(2)23-33(27-35)46-38-20-12-11-18-36(38)43(3,4)37-19-13-21-44-41(37)46/h5-27,39-40H,1-4H3/t39-,40-/m1/s1. The molecule has 5 heteroatoms. The molecule has 0 fully saturated rings. The number of ether oxygens (including phenoxy) is 2. The topological polar surface area (TPSA) is 47.0 Å². The Hall–Kier alpha value is -5.68. The fraction of sp³-hybridized carbons (Fsp3) is 0.163. The van der Waals surface area contributed by atoms with Crippen LogP contribution in [0.15, 0.2) is 145 Å². The summed E-state index contributed by atoms with van der Waals surface area (Å²) in [6, 6.07) is 45.9. The highest BCUT2D eigenvalue weighted by atomic mass is 16.5. The molecule has 2 aliphatic rings. The van der Waals surface area contributed by atoms with Gasteiger partial charge in [0.25, 0.3) is 0 Å². The van der Waals surface area contributed by atoms with Crippen molar-refractivity contribution in [3.05, 3.63) is 179 Å². The number of pyridine rings is 1. The first-order valence-corrected chi connectivity index (χ1v) is 16.5. The Kier molecular flexibility index (Phi) is 7.33. The molecular weight excluding hydrogens is 590 g/mol. The van der Waals surface area contributed by atoms with Crippen LogP contribution < -0.4 is 9.64 Å². The average molecular weight is 628 g/mol. The van der Waals surface area contributed by atoms with Gasteiger partial charge in [0.2, 0.25) is 5.90 Å². The molecule has 0 bridgehead atoms. The van der Waals surface area contributed by atoms with Gasteiger partial charge in [0.15, 0.2) is 6.10 Å². The van der Waals surface area contributed by atoms with Crippen molar-refractivity contribution < 1.29 is 9.47 Å². The summed E-state index contributed by atoms with van der Waals surface area (Å²) in [6.45, 7) is 8.72. The average Bonchev–Trinajstić information content (AvgIpc) is 3.55. The molecule has 0 N–H and O–H groups in total. The number of aliphatic imine (C=N–C) groups is 1. The molecule has 2 atom stereocenters. The van der Waals surface area contributed by atoms with Gasteiger partial charge in [-0.25, -0.2) is 9.98 Å². The van der Waals surface area contributed by atoms with Crippen LogP contribution in [0.5, 0.6) is 11.5 Å². The van der Waals surface area contributed by atoms with Crippen molar-refractivity contribution in [3.8, 4) is 11.5 Å². The molecule has 1 aromatic heterocycles. The molecule has 0 spiro atoms. The van der Waals surface area contributed by atoms with Crippen molar-refractivity contribution in [1.82, 2.24) is 4.98 Å². The maximum Gasteiger partial charge on any atom is 0.217 e. The Balaban J connectivity index is 1.15. The smallest absolute Gasteiger partial charge is 0.217 e. The third-order valence-electron chi connectivity index (χ3n) is 9.37. The molecule has 5 aromatic carbocycles. The van der Waals surface area contributed by atoms with Crippen molar-refractivity contribution in [2.45, 2.75) is 45.3 Å². The number of nitrogens with zero attached hydrogens (tertiary/aromatic N) is 3. The second kappa shape index (κ2) is 11.8. The minimum Gasteiger partial charge on any atom is -0.467 e. The first-order valence-electron chi connectivity index (χ1n) is 16.5. The van der Waals surface area contributed by atoms with E-state index in [1.165, 1.54) is 11.1 Å². The zero-order valence-corrected chi connectivity index (χ0v) is 27.6. The fourth-order valence-corrected chi connectivity index (χ4v) is 7.11. The summed E-state index contributed by atoms with van der Waals surface area (Å²) >= 11 is 0. The highest BCUT2D eigenvalue weighted by molar-refractivity contribution is 5.96. The van der Waals surface area contributed by atoms with Crippen LogP contribution in [0.25, 0.3) is 0 Å². The summed E-state index contributed by atoms with van der Waals surface area (Å²) in [4.78, 5) is 12.3. The lowest BCUT2D eigenvalue weighted by Crippen LogP contribution is -2.31. The van der Waals surface area contributed by atoms with E-state index in [2.05, 4.69) is 130 Å². The van der Waals surface area contributed by atoms with Crippen LogP contribution in [-0.2, 0) is 10.2 Å². The van der Waals surface area contributed by atoms with Crippen LogP contribution in [0, 0.1) is 13.8 Å². The number of para-hydroxylation sites is 1. The lowest BCUT2D eigenvalue weighted by Gasteiger charge is -2.41. The Morgan fingerprint density at radius 2 is 1.31 bits per heavy atom. The van der Waals surface area contributed by atoms with Gasteiger partial charge in [0, 0.05) is 28.8 Å². The van der Waals surface area contributed by atoms with Gasteiger partial charge in [-0.15, -0.1) is 0 Å². The third kappa shape index (κ3) is 5.31. The van der Waals surface area contributed by atoms with Gasteiger partial charge in [0.1, 0.15) is 23.4 Å². The van der Waals surface area contributed by atoms with E-state index in [0.717, 1.165) is 56.5 Å². The van der Waals surface area contributed by atoms with Crippen molar-refractivity contribution in [2.24, 2.45) is 4.99 Å². The Bertz CT molecular complexity index is 2110. The number of benzene rings is 5. The summed E-state index contributed by atoms with van der Waals surface area (Å²) < 4.78 is 13.3. The molecule has 48 heavy (non-hydrogen) atoms. The van der Waals surface area contributed by atoms with E-state index in [1.54, 1.807) is 0 Å². The summed E-state index contributed by atoms with van der Waals surface area (Å²) in [5.74, 6) is 3.03. The highest BCUT2D eigenvalue weighted by Crippen LogP contribution is 2.51. The molecule has 0 aliphatic carbocycles. The molecule has 0 radical (unpaired) electrons. The lowest BCUT2D eigenvalue weighted by molar-refractivity contribution is 0.197. The van der Waals surface area contributed by atoms with E-state index < -0.39 is 0 Å². The minimum absolute atomic E-state index is 0.151. The maximum atomic E-state index is 6.65. The quantitative estimate of drug-likeness (QED) is 0.184. The molecule has 6 aromatic rings. The monoisotopic (exact) mass is 627 g/mol. The molecule has 0 amide bonds. The SMILES string of the molecule is Cc1cc(Oc2cc(C)cc(N3c4ccccc4C(C)(C)c4cccnc43)c2)cc(C2=N[C@H](c3ccccc3)[C@@H](c3ccccc3)O2)c1. The summed E-state index contributed by atoms with van der Waals surface area (Å²) in [6.07, 6.45) is 1.65. The predicted octanol–water partition coefficient (Wildman–Crippen LogP) is 10.9. The molecule has 236 valence electrons. The van der Waals surface area contributed by atoms with Crippen LogP contribution in [0.3, 0.4) is 0 Å². The van der Waals surface area contributed by atoms with E-state index in [1.807, 2.05) is 42.6 Å². The van der Waals surface area contributed by atoms with Crippen molar-refractivity contribution >= 4 is 23.1 Å². The number of anilines is 3. The van der Waals surface area contributed by atoms with E-state index in [4.69, 9.17) is 19.5 Å². The van der Waals surface area contributed by atoms with E-state index in [0.29, 0.717) is 5.90 Å². The van der Waals surface area contributed by atoms with Gasteiger partial charge in [-0.3, -0.25) is 4.90 Å². The van der Waals surface area contributed by atoms with Crippen LogP contribution in [0.4, 0.5) is 17.2 Å². The van der Waals surface area contributed by atoms with Gasteiger partial charge in [0.05, 0.1) is 11.4 Å². The molecule has 0 unspecified atom stereocenters. The minimum atomic E-state index is -0.221. The molecule has 5 nitrogen and oxygen atoms in total. The second-order valence-electron chi connectivity index (χ2n) is 13.2. The number of fused-ring (bicyclic) bond motifs is 2. The van der Waals surface area contributed by atoms with Gasteiger partial charge in [-0.05, 0) is 84.1 Å². The van der Waals surface area contributed by atoms with Crippen molar-refractivity contribution in [3.63, 3.8) is 0 Å². The van der Waals surface area contributed by atoms with Crippen molar-refractivity contribution in [2.75, 3.05) is 4.90 Å². The normalized spacial score (nSPS) is 17.6. The molecule has 2 aliphatic heterocycles. The van der Waals surface area contributed by atoms with E-state index in [9.17, 15) is 0 Å². The Labute approximate surface area is 282 Å². The van der Waals surface area contributed by atoms with Crippen LogP contribution in [0.1, 0.15) is 64.9 Å². The largest absolute Gasteiger partial charge is 0.467 e. The first-order chi connectivity index (χ1) is 23.3. The fourth-order valence-electron chi connectivity index (χ4n) is 7.11. The van der Waals surface area contributed by atoms with Gasteiger partial charge >= 0.3 is 0 Å². The zero-order valence-electron chi connectivity index (χ0n) is 27.6. The van der Waals surface area contributed by atoms with Crippen LogP contribution >= 0.6 is 0 Å². The van der Waals surface area contributed by atoms with E-state index >= 15 is 0 Å². The predicted molar refractivity (Wildman–Crippen MR) is 193 cm³/mol. The van der Waals surface area contributed by atoms with Gasteiger partial charge < -0.3 is 9.47 Å². The van der Waals surface area contributed by atoms with Crippen LogP contribution in [0.2, 0.25) is 0 Å². The van der Waals surface area contributed by atoms with Gasteiger partial charge in [-0.2, -0.15) is 0 Å². The maximum absolute atomic E-state index is 6.65. The lowest BCUT2D eigenvalue weighted by atomic mass is 9.74. The molecule has 8 rings (SSSR count). The van der Waals surface area contributed by atoms with Crippen molar-refractivity contribution in [1.29, 1.82) is 0 Å².